The second-order valence-corrected chi connectivity index (χ2v) is 9.76. The molecular formula is C26H24FNO5S. The van der Waals surface area contributed by atoms with Crippen LogP contribution in [0.4, 0.5) is 4.39 Å². The number of aryl methyl sites for hydroxylation is 2. The fraction of sp³-hybridized carbons (Fsp3) is 0.192. The highest BCUT2D eigenvalue weighted by atomic mass is 32.2. The molecule has 176 valence electrons. The number of benzene rings is 3. The van der Waals surface area contributed by atoms with Gasteiger partial charge in [-0.1, -0.05) is 18.2 Å². The Bertz CT molecular complexity index is 1490. The predicted octanol–water partition coefficient (Wildman–Crippen LogP) is 5.41. The predicted molar refractivity (Wildman–Crippen MR) is 128 cm³/mol. The number of nitrogens with zero attached hydrogens (tertiary/aromatic N) is 1. The van der Waals surface area contributed by atoms with Gasteiger partial charge in [-0.2, -0.15) is 0 Å². The molecule has 0 aliphatic carbocycles. The normalized spacial score (nSPS) is 11.6. The minimum atomic E-state index is -4.03. The lowest BCUT2D eigenvalue weighted by Gasteiger charge is -2.12. The molecule has 3 aromatic carbocycles. The zero-order valence-corrected chi connectivity index (χ0v) is 19.6. The summed E-state index contributed by atoms with van der Waals surface area (Å²) in [6.45, 7) is 4.39. The number of halogens is 1. The summed E-state index contributed by atoms with van der Waals surface area (Å²) in [6, 6.07) is 16.1. The first-order valence-corrected chi connectivity index (χ1v) is 12.3. The van der Waals surface area contributed by atoms with E-state index in [0.29, 0.717) is 23.1 Å². The molecule has 0 aliphatic rings. The van der Waals surface area contributed by atoms with E-state index in [1.54, 1.807) is 12.1 Å². The monoisotopic (exact) mass is 481 g/mol. The number of carboxylic acids is 1. The zero-order valence-electron chi connectivity index (χ0n) is 18.8. The smallest absolute Gasteiger partial charge is 0.303 e. The van der Waals surface area contributed by atoms with E-state index in [4.69, 9.17) is 9.84 Å². The van der Waals surface area contributed by atoms with E-state index in [-0.39, 0.29) is 17.7 Å². The summed E-state index contributed by atoms with van der Waals surface area (Å²) in [5.41, 5.74) is 3.30. The molecular weight excluding hydrogens is 457 g/mol. The first-order valence-electron chi connectivity index (χ1n) is 10.8. The standard InChI is InChI=1S/C26H24FNO5S/c1-3-33-21-9-10-23(17(2)13-21)18-5-4-6-22(14-18)34(31,32)28-16-19(7-12-26(29)30)24-15-20(27)8-11-25(24)28/h4-6,8-11,13-16H,3,7,12H2,1-2H3,(H,29,30). The van der Waals surface area contributed by atoms with Crippen molar-refractivity contribution in [3.8, 4) is 16.9 Å². The summed E-state index contributed by atoms with van der Waals surface area (Å²) >= 11 is 0. The van der Waals surface area contributed by atoms with Crippen LogP contribution in [0.1, 0.15) is 24.5 Å². The number of carbonyl (C=O) groups is 1. The SMILES string of the molecule is CCOc1ccc(-c2cccc(S(=O)(=O)n3cc(CCC(=O)O)c4cc(F)ccc43)c2)c(C)c1. The Labute approximate surface area is 197 Å². The van der Waals surface area contributed by atoms with E-state index in [9.17, 15) is 17.6 Å². The minimum absolute atomic E-state index is 0.0734. The molecule has 0 fully saturated rings. The van der Waals surface area contributed by atoms with Crippen LogP contribution in [-0.2, 0) is 21.2 Å². The molecule has 0 atom stereocenters. The van der Waals surface area contributed by atoms with Gasteiger partial charge in [0.05, 0.1) is 17.0 Å². The molecule has 0 unspecified atom stereocenters. The van der Waals surface area contributed by atoms with Crippen molar-refractivity contribution in [3.05, 3.63) is 83.8 Å². The lowest BCUT2D eigenvalue weighted by atomic mass is 10.0. The van der Waals surface area contributed by atoms with Crippen molar-refractivity contribution in [2.24, 2.45) is 0 Å². The number of aromatic nitrogens is 1. The Morgan fingerprint density at radius 1 is 1.09 bits per heavy atom. The van der Waals surface area contributed by atoms with Crippen molar-refractivity contribution < 1.29 is 27.4 Å². The van der Waals surface area contributed by atoms with Crippen LogP contribution in [0.15, 0.2) is 71.8 Å². The number of hydrogen-bond donors (Lipinski definition) is 1. The summed E-state index contributed by atoms with van der Waals surface area (Å²) in [5.74, 6) is -0.793. The first kappa shape index (κ1) is 23.5. The number of rotatable bonds is 8. The van der Waals surface area contributed by atoms with Gasteiger partial charge in [-0.15, -0.1) is 0 Å². The van der Waals surface area contributed by atoms with Crippen molar-refractivity contribution in [1.29, 1.82) is 0 Å². The molecule has 1 N–H and O–H groups in total. The largest absolute Gasteiger partial charge is 0.494 e. The average Bonchev–Trinajstić information content (AvgIpc) is 3.16. The fourth-order valence-electron chi connectivity index (χ4n) is 4.03. The summed E-state index contributed by atoms with van der Waals surface area (Å²) in [5, 5.41) is 9.43. The number of fused-ring (bicyclic) bond motifs is 1. The molecule has 0 spiro atoms. The summed E-state index contributed by atoms with van der Waals surface area (Å²) in [7, 11) is -4.03. The molecule has 0 saturated carbocycles. The molecule has 8 heteroatoms. The maximum Gasteiger partial charge on any atom is 0.303 e. The maximum atomic E-state index is 13.9. The topological polar surface area (TPSA) is 85.6 Å². The highest BCUT2D eigenvalue weighted by Crippen LogP contribution is 2.31. The third kappa shape index (κ3) is 4.54. The lowest BCUT2D eigenvalue weighted by Crippen LogP contribution is -2.12. The van der Waals surface area contributed by atoms with Gasteiger partial charge in [-0.3, -0.25) is 4.79 Å². The Morgan fingerprint density at radius 3 is 2.59 bits per heavy atom. The second-order valence-electron chi connectivity index (χ2n) is 7.95. The molecule has 34 heavy (non-hydrogen) atoms. The van der Waals surface area contributed by atoms with E-state index < -0.39 is 21.8 Å². The summed E-state index contributed by atoms with van der Waals surface area (Å²) in [6.07, 6.45) is 1.28. The molecule has 4 aromatic rings. The second kappa shape index (κ2) is 9.30. The van der Waals surface area contributed by atoms with E-state index in [1.165, 1.54) is 30.5 Å². The van der Waals surface area contributed by atoms with Crippen molar-refractivity contribution in [2.75, 3.05) is 6.61 Å². The van der Waals surface area contributed by atoms with Crippen LogP contribution in [0.25, 0.3) is 22.0 Å². The van der Waals surface area contributed by atoms with Gasteiger partial charge in [-0.05, 0) is 85.0 Å². The van der Waals surface area contributed by atoms with Crippen molar-refractivity contribution in [2.45, 2.75) is 31.6 Å². The highest BCUT2D eigenvalue weighted by Gasteiger charge is 2.22. The van der Waals surface area contributed by atoms with Crippen LogP contribution in [-0.4, -0.2) is 30.1 Å². The minimum Gasteiger partial charge on any atom is -0.494 e. The van der Waals surface area contributed by atoms with Crippen molar-refractivity contribution in [1.82, 2.24) is 3.97 Å². The van der Waals surface area contributed by atoms with Crippen molar-refractivity contribution in [3.63, 3.8) is 0 Å². The van der Waals surface area contributed by atoms with Crippen LogP contribution in [0.3, 0.4) is 0 Å². The van der Waals surface area contributed by atoms with E-state index in [0.717, 1.165) is 26.4 Å². The van der Waals surface area contributed by atoms with E-state index in [2.05, 4.69) is 0 Å². The number of carboxylic acid groups (broad SMARTS) is 1. The third-order valence-corrected chi connectivity index (χ3v) is 7.30. The van der Waals surface area contributed by atoms with Gasteiger partial charge in [-0.25, -0.2) is 16.8 Å². The van der Waals surface area contributed by atoms with Crippen LogP contribution in [0.2, 0.25) is 0 Å². The molecule has 0 radical (unpaired) electrons. The highest BCUT2D eigenvalue weighted by molar-refractivity contribution is 7.90. The first-order chi connectivity index (χ1) is 16.2. The quantitative estimate of drug-likeness (QED) is 0.364. The van der Waals surface area contributed by atoms with E-state index in [1.807, 2.05) is 38.1 Å². The third-order valence-electron chi connectivity index (χ3n) is 5.63. The van der Waals surface area contributed by atoms with Gasteiger partial charge in [0.25, 0.3) is 10.0 Å². The summed E-state index contributed by atoms with van der Waals surface area (Å²) < 4.78 is 47.8. The molecule has 6 nitrogen and oxygen atoms in total. The number of aliphatic carboxylic acids is 1. The van der Waals surface area contributed by atoms with Gasteiger partial charge >= 0.3 is 5.97 Å². The Kier molecular flexibility index (Phi) is 6.43. The van der Waals surface area contributed by atoms with Gasteiger partial charge in [0.2, 0.25) is 0 Å². The van der Waals surface area contributed by atoms with E-state index >= 15 is 0 Å². The average molecular weight is 482 g/mol. The Morgan fingerprint density at radius 2 is 1.88 bits per heavy atom. The van der Waals surface area contributed by atoms with Gasteiger partial charge in [0, 0.05) is 18.0 Å². The Balaban J connectivity index is 1.80. The molecule has 1 heterocycles. The molecule has 0 amide bonds. The van der Waals surface area contributed by atoms with Crippen LogP contribution < -0.4 is 4.74 Å². The maximum absolute atomic E-state index is 13.9. The van der Waals surface area contributed by atoms with Gasteiger partial charge in [0.15, 0.2) is 0 Å². The molecule has 0 saturated heterocycles. The van der Waals surface area contributed by atoms with Crippen LogP contribution in [0.5, 0.6) is 5.75 Å². The van der Waals surface area contributed by atoms with Gasteiger partial charge in [0.1, 0.15) is 11.6 Å². The molecule has 4 rings (SSSR count). The van der Waals surface area contributed by atoms with Crippen LogP contribution in [0, 0.1) is 12.7 Å². The number of hydrogen-bond acceptors (Lipinski definition) is 4. The van der Waals surface area contributed by atoms with Crippen LogP contribution >= 0.6 is 0 Å². The zero-order chi connectivity index (χ0) is 24.5. The summed E-state index contributed by atoms with van der Waals surface area (Å²) in [4.78, 5) is 11.1. The van der Waals surface area contributed by atoms with Crippen molar-refractivity contribution >= 4 is 26.9 Å². The Hall–Kier alpha value is -3.65. The molecule has 0 aliphatic heterocycles. The molecule has 0 bridgehead atoms. The lowest BCUT2D eigenvalue weighted by molar-refractivity contribution is -0.136. The fourth-order valence-corrected chi connectivity index (χ4v) is 5.47. The molecule has 1 aromatic heterocycles. The van der Waals surface area contributed by atoms with Gasteiger partial charge < -0.3 is 9.84 Å². The number of ether oxygens (including phenoxy) is 1.